The van der Waals surface area contributed by atoms with Crippen LogP contribution in [0.3, 0.4) is 0 Å². The molecule has 0 radical (unpaired) electrons. The third kappa shape index (κ3) is 4.91. The smallest absolute Gasteiger partial charge is 0.325 e. The lowest BCUT2D eigenvalue weighted by atomic mass is 9.87. The quantitative estimate of drug-likeness (QED) is 0.439. The van der Waals surface area contributed by atoms with Crippen LogP contribution in [0.4, 0.5) is 10.5 Å². The zero-order valence-electron chi connectivity index (χ0n) is 19.3. The van der Waals surface area contributed by atoms with Gasteiger partial charge in [-0.2, -0.15) is 0 Å². The summed E-state index contributed by atoms with van der Waals surface area (Å²) in [6, 6.07) is 24.4. The minimum atomic E-state index is -1.21. The van der Waals surface area contributed by atoms with Gasteiger partial charge in [0.2, 0.25) is 5.91 Å². The summed E-state index contributed by atoms with van der Waals surface area (Å²) in [5.74, 6) is -1.43. The molecular weight excluding hydrogens is 444 g/mol. The topological polar surface area (TPSA) is 108 Å². The number of hydrogen-bond acceptors (Lipinski definition) is 4. The van der Waals surface area contributed by atoms with E-state index in [4.69, 9.17) is 0 Å². The molecule has 178 valence electrons. The standard InChI is InChI=1S/C27H26N4O4/c1-2-27(20-13-7-4-8-14-20)25(34)31(26(35)30-27)18-23(32)29-22-16-10-9-15-21(22)24(33)28-17-19-11-5-3-6-12-19/h3-16H,2,17-18H2,1H3,(H,28,33)(H,29,32)(H,30,35). The number of benzene rings is 3. The number of hydrogen-bond donors (Lipinski definition) is 3. The zero-order valence-corrected chi connectivity index (χ0v) is 19.3. The lowest BCUT2D eigenvalue weighted by Crippen LogP contribution is -2.44. The average molecular weight is 471 g/mol. The number of rotatable bonds is 8. The fraction of sp³-hybridized carbons (Fsp3) is 0.185. The number of para-hydroxylation sites is 1. The lowest BCUT2D eigenvalue weighted by molar-refractivity contribution is -0.134. The molecule has 0 spiro atoms. The molecule has 3 aromatic rings. The number of carbonyl (C=O) groups excluding carboxylic acids is 4. The molecule has 0 aliphatic carbocycles. The van der Waals surface area contributed by atoms with Crippen LogP contribution in [0.25, 0.3) is 0 Å². The zero-order chi connectivity index (χ0) is 24.8. The Bertz CT molecular complexity index is 1250. The molecule has 35 heavy (non-hydrogen) atoms. The van der Waals surface area contributed by atoms with Crippen LogP contribution in [0.1, 0.15) is 34.8 Å². The fourth-order valence-corrected chi connectivity index (χ4v) is 4.13. The van der Waals surface area contributed by atoms with Gasteiger partial charge in [0.1, 0.15) is 12.1 Å². The highest BCUT2D eigenvalue weighted by molar-refractivity contribution is 6.11. The lowest BCUT2D eigenvalue weighted by Gasteiger charge is -2.25. The van der Waals surface area contributed by atoms with Crippen molar-refractivity contribution in [3.8, 4) is 0 Å². The Morgan fingerprint density at radius 1 is 0.886 bits per heavy atom. The molecule has 1 heterocycles. The minimum absolute atomic E-state index is 0.279. The molecular formula is C27H26N4O4. The van der Waals surface area contributed by atoms with Gasteiger partial charge in [-0.25, -0.2) is 4.79 Å². The van der Waals surface area contributed by atoms with Crippen molar-refractivity contribution in [3.05, 3.63) is 102 Å². The Balaban J connectivity index is 1.45. The maximum Gasteiger partial charge on any atom is 0.325 e. The van der Waals surface area contributed by atoms with Gasteiger partial charge >= 0.3 is 6.03 Å². The predicted octanol–water partition coefficient (Wildman–Crippen LogP) is 3.41. The Labute approximate surface area is 203 Å². The average Bonchev–Trinajstić information content (AvgIpc) is 3.14. The van der Waals surface area contributed by atoms with Crippen LogP contribution in [0.5, 0.6) is 0 Å². The first kappa shape index (κ1) is 23.7. The van der Waals surface area contributed by atoms with Crippen LogP contribution in [0.2, 0.25) is 0 Å². The van der Waals surface area contributed by atoms with Crippen LogP contribution >= 0.6 is 0 Å². The van der Waals surface area contributed by atoms with Gasteiger partial charge in [0.05, 0.1) is 11.3 Å². The van der Waals surface area contributed by atoms with E-state index in [1.807, 2.05) is 36.4 Å². The van der Waals surface area contributed by atoms with Crippen molar-refractivity contribution in [2.75, 3.05) is 11.9 Å². The molecule has 0 bridgehead atoms. The Hall–Kier alpha value is -4.46. The van der Waals surface area contributed by atoms with Crippen molar-refractivity contribution in [2.45, 2.75) is 25.4 Å². The van der Waals surface area contributed by atoms with E-state index in [0.717, 1.165) is 10.5 Å². The fourth-order valence-electron chi connectivity index (χ4n) is 4.13. The maximum absolute atomic E-state index is 13.3. The number of urea groups is 1. The van der Waals surface area contributed by atoms with Crippen LogP contribution in [-0.2, 0) is 21.7 Å². The van der Waals surface area contributed by atoms with E-state index in [0.29, 0.717) is 24.2 Å². The highest BCUT2D eigenvalue weighted by atomic mass is 16.2. The van der Waals surface area contributed by atoms with Crippen molar-refractivity contribution >= 4 is 29.4 Å². The molecule has 5 amide bonds. The van der Waals surface area contributed by atoms with E-state index in [2.05, 4.69) is 16.0 Å². The Kier molecular flexibility index (Phi) is 6.91. The summed E-state index contributed by atoms with van der Waals surface area (Å²) in [6.45, 7) is 1.67. The van der Waals surface area contributed by atoms with E-state index in [1.54, 1.807) is 55.5 Å². The van der Waals surface area contributed by atoms with Gasteiger partial charge < -0.3 is 16.0 Å². The molecule has 1 fully saturated rings. The second-order valence-corrected chi connectivity index (χ2v) is 8.21. The van der Waals surface area contributed by atoms with Gasteiger partial charge in [-0.1, -0.05) is 79.7 Å². The Morgan fingerprint density at radius 2 is 1.51 bits per heavy atom. The number of imide groups is 1. The maximum atomic E-state index is 13.3. The molecule has 0 aromatic heterocycles. The molecule has 4 rings (SSSR count). The first-order chi connectivity index (χ1) is 16.9. The first-order valence-electron chi connectivity index (χ1n) is 11.3. The monoisotopic (exact) mass is 470 g/mol. The summed E-state index contributed by atoms with van der Waals surface area (Å²) in [5, 5.41) is 8.26. The molecule has 3 N–H and O–H groups in total. The molecule has 1 atom stereocenters. The van der Waals surface area contributed by atoms with Crippen molar-refractivity contribution in [2.24, 2.45) is 0 Å². The summed E-state index contributed by atoms with van der Waals surface area (Å²) >= 11 is 0. The molecule has 1 aliphatic rings. The molecule has 0 saturated carbocycles. The minimum Gasteiger partial charge on any atom is -0.348 e. The van der Waals surface area contributed by atoms with Gasteiger partial charge in [-0.05, 0) is 29.7 Å². The number of amides is 5. The summed E-state index contributed by atoms with van der Waals surface area (Å²) in [6.07, 6.45) is 0.337. The van der Waals surface area contributed by atoms with Gasteiger partial charge in [0.25, 0.3) is 11.8 Å². The third-order valence-electron chi connectivity index (χ3n) is 6.02. The normalized spacial score (nSPS) is 17.1. The third-order valence-corrected chi connectivity index (χ3v) is 6.02. The summed E-state index contributed by atoms with van der Waals surface area (Å²) < 4.78 is 0. The van der Waals surface area contributed by atoms with Crippen molar-refractivity contribution < 1.29 is 19.2 Å². The van der Waals surface area contributed by atoms with Gasteiger partial charge in [0, 0.05) is 6.54 Å². The van der Waals surface area contributed by atoms with Crippen LogP contribution in [0, 0.1) is 0 Å². The van der Waals surface area contributed by atoms with E-state index in [-0.39, 0.29) is 11.5 Å². The summed E-state index contributed by atoms with van der Waals surface area (Å²) in [5.41, 5.74) is 0.956. The summed E-state index contributed by atoms with van der Waals surface area (Å²) in [7, 11) is 0. The molecule has 1 aliphatic heterocycles. The molecule has 1 unspecified atom stereocenters. The number of carbonyl (C=O) groups is 4. The number of nitrogens with one attached hydrogen (secondary N) is 3. The molecule has 8 nitrogen and oxygen atoms in total. The van der Waals surface area contributed by atoms with Crippen molar-refractivity contribution in [1.29, 1.82) is 0 Å². The van der Waals surface area contributed by atoms with E-state index in [9.17, 15) is 19.2 Å². The molecule has 8 heteroatoms. The second kappa shape index (κ2) is 10.2. The van der Waals surface area contributed by atoms with Gasteiger partial charge in [-0.15, -0.1) is 0 Å². The first-order valence-corrected chi connectivity index (χ1v) is 11.3. The summed E-state index contributed by atoms with van der Waals surface area (Å²) in [4.78, 5) is 52.4. The number of anilines is 1. The highest BCUT2D eigenvalue weighted by Crippen LogP contribution is 2.32. The van der Waals surface area contributed by atoms with Gasteiger partial charge in [-0.3, -0.25) is 19.3 Å². The van der Waals surface area contributed by atoms with Crippen molar-refractivity contribution in [1.82, 2.24) is 15.5 Å². The predicted molar refractivity (Wildman–Crippen MR) is 131 cm³/mol. The van der Waals surface area contributed by atoms with Crippen molar-refractivity contribution in [3.63, 3.8) is 0 Å². The Morgan fingerprint density at radius 3 is 2.20 bits per heavy atom. The van der Waals surface area contributed by atoms with E-state index >= 15 is 0 Å². The van der Waals surface area contributed by atoms with Crippen LogP contribution in [-0.4, -0.2) is 35.2 Å². The molecule has 1 saturated heterocycles. The van der Waals surface area contributed by atoms with E-state index < -0.39 is 29.9 Å². The SMILES string of the molecule is CCC1(c2ccccc2)NC(=O)N(CC(=O)Nc2ccccc2C(=O)NCc2ccccc2)C1=O. The number of nitrogens with zero attached hydrogens (tertiary/aromatic N) is 1. The van der Waals surface area contributed by atoms with Gasteiger partial charge in [0.15, 0.2) is 0 Å². The molecule has 3 aromatic carbocycles. The second-order valence-electron chi connectivity index (χ2n) is 8.21. The van der Waals surface area contributed by atoms with Crippen LogP contribution in [0.15, 0.2) is 84.9 Å². The highest BCUT2D eigenvalue weighted by Gasteiger charge is 2.51. The largest absolute Gasteiger partial charge is 0.348 e. The van der Waals surface area contributed by atoms with E-state index in [1.165, 1.54) is 0 Å². The van der Waals surface area contributed by atoms with Crippen LogP contribution < -0.4 is 16.0 Å².